The highest BCUT2D eigenvalue weighted by atomic mass is 16.1. The second kappa shape index (κ2) is 7.16. The van der Waals surface area contributed by atoms with E-state index in [1.807, 2.05) is 43.5 Å². The molecule has 1 atom stereocenters. The lowest BCUT2D eigenvalue weighted by atomic mass is 9.92. The molecular weight excluding hydrogens is 322 g/mol. The standard InChI is InChI=1S/C22H23N3O/c1-16-7-5-10-18(13-16)22(26)24-20-11-6-12-21-19(20)14-23-25(21)15-17-8-3-2-4-9-17/h2-5,7-10,13-14,20H,6,11-12,15H2,1H3,(H,24,26)/t20-/m0/s1. The van der Waals surface area contributed by atoms with Crippen LogP contribution >= 0.6 is 0 Å². The van der Waals surface area contributed by atoms with Crippen LogP contribution in [-0.4, -0.2) is 15.7 Å². The van der Waals surface area contributed by atoms with Crippen molar-refractivity contribution in [2.75, 3.05) is 0 Å². The highest BCUT2D eigenvalue weighted by Gasteiger charge is 2.26. The molecule has 132 valence electrons. The van der Waals surface area contributed by atoms with E-state index in [0.717, 1.165) is 36.9 Å². The van der Waals surface area contributed by atoms with Gasteiger partial charge in [-0.2, -0.15) is 5.10 Å². The zero-order chi connectivity index (χ0) is 17.9. The van der Waals surface area contributed by atoms with Gasteiger partial charge >= 0.3 is 0 Å². The molecule has 0 saturated heterocycles. The van der Waals surface area contributed by atoms with Gasteiger partial charge in [-0.05, 0) is 43.9 Å². The Bertz CT molecular complexity index is 914. The summed E-state index contributed by atoms with van der Waals surface area (Å²) in [5, 5.41) is 7.81. The molecule has 4 nitrogen and oxygen atoms in total. The van der Waals surface area contributed by atoms with E-state index in [9.17, 15) is 4.79 Å². The van der Waals surface area contributed by atoms with Crippen LogP contribution in [0.5, 0.6) is 0 Å². The number of benzene rings is 2. The van der Waals surface area contributed by atoms with Crippen LogP contribution in [0.1, 0.15) is 51.6 Å². The predicted molar refractivity (Wildman–Crippen MR) is 102 cm³/mol. The largest absolute Gasteiger partial charge is 0.345 e. The highest BCUT2D eigenvalue weighted by molar-refractivity contribution is 5.94. The Balaban J connectivity index is 1.53. The average molecular weight is 345 g/mol. The fourth-order valence-electron chi connectivity index (χ4n) is 3.69. The number of carbonyl (C=O) groups excluding carboxylic acids is 1. The average Bonchev–Trinajstić information content (AvgIpc) is 3.06. The van der Waals surface area contributed by atoms with Crippen molar-refractivity contribution in [2.24, 2.45) is 0 Å². The van der Waals surface area contributed by atoms with Crippen molar-refractivity contribution >= 4 is 5.91 Å². The molecule has 0 saturated carbocycles. The summed E-state index contributed by atoms with van der Waals surface area (Å²) in [6, 6.07) is 18.1. The zero-order valence-corrected chi connectivity index (χ0v) is 15.0. The number of carbonyl (C=O) groups is 1. The van der Waals surface area contributed by atoms with Crippen molar-refractivity contribution in [3.05, 3.63) is 88.7 Å². The number of aryl methyl sites for hydroxylation is 1. The van der Waals surface area contributed by atoms with Crippen molar-refractivity contribution in [3.63, 3.8) is 0 Å². The van der Waals surface area contributed by atoms with Crippen LogP contribution in [0.25, 0.3) is 0 Å². The van der Waals surface area contributed by atoms with Gasteiger partial charge in [0.25, 0.3) is 5.91 Å². The number of fused-ring (bicyclic) bond motifs is 1. The third-order valence-electron chi connectivity index (χ3n) is 5.02. The first-order chi connectivity index (χ1) is 12.7. The SMILES string of the molecule is Cc1cccc(C(=O)N[C@H]2CCCc3c2cnn3Cc2ccccc2)c1. The first kappa shape index (κ1) is 16.6. The molecule has 1 aliphatic carbocycles. The van der Waals surface area contributed by atoms with Crippen LogP contribution in [0.4, 0.5) is 0 Å². The van der Waals surface area contributed by atoms with Crippen LogP contribution in [0.3, 0.4) is 0 Å². The third kappa shape index (κ3) is 3.40. The lowest BCUT2D eigenvalue weighted by molar-refractivity contribution is 0.0932. The molecule has 1 heterocycles. The van der Waals surface area contributed by atoms with Crippen molar-refractivity contribution in [3.8, 4) is 0 Å². The second-order valence-corrected chi connectivity index (χ2v) is 6.98. The fourth-order valence-corrected chi connectivity index (χ4v) is 3.69. The maximum atomic E-state index is 12.6. The topological polar surface area (TPSA) is 46.9 Å². The van der Waals surface area contributed by atoms with Crippen molar-refractivity contribution < 1.29 is 4.79 Å². The van der Waals surface area contributed by atoms with Gasteiger partial charge in [-0.15, -0.1) is 0 Å². The molecule has 0 radical (unpaired) electrons. The van der Waals surface area contributed by atoms with E-state index in [4.69, 9.17) is 0 Å². The molecule has 3 aromatic rings. The van der Waals surface area contributed by atoms with Crippen molar-refractivity contribution in [2.45, 2.75) is 38.8 Å². The molecule has 4 heteroatoms. The normalized spacial score (nSPS) is 16.1. The number of hydrogen-bond acceptors (Lipinski definition) is 2. The molecule has 4 rings (SSSR count). The second-order valence-electron chi connectivity index (χ2n) is 6.98. The Hall–Kier alpha value is -2.88. The summed E-state index contributed by atoms with van der Waals surface area (Å²) in [7, 11) is 0. The van der Waals surface area contributed by atoms with E-state index in [0.29, 0.717) is 5.56 Å². The molecule has 0 aliphatic heterocycles. The first-order valence-electron chi connectivity index (χ1n) is 9.17. The molecule has 2 aromatic carbocycles. The summed E-state index contributed by atoms with van der Waals surface area (Å²) in [4.78, 5) is 12.6. The van der Waals surface area contributed by atoms with Crippen molar-refractivity contribution in [1.29, 1.82) is 0 Å². The number of hydrogen-bond donors (Lipinski definition) is 1. The Labute approximate surface area is 153 Å². The molecule has 1 N–H and O–H groups in total. The minimum absolute atomic E-state index is 0.0117. The van der Waals surface area contributed by atoms with Crippen LogP contribution in [-0.2, 0) is 13.0 Å². The van der Waals surface area contributed by atoms with Crippen LogP contribution in [0.2, 0.25) is 0 Å². The smallest absolute Gasteiger partial charge is 0.251 e. The van der Waals surface area contributed by atoms with Gasteiger partial charge in [0.2, 0.25) is 0 Å². The lowest BCUT2D eigenvalue weighted by Gasteiger charge is -2.24. The van der Waals surface area contributed by atoms with Crippen molar-refractivity contribution in [1.82, 2.24) is 15.1 Å². The minimum Gasteiger partial charge on any atom is -0.345 e. The quantitative estimate of drug-likeness (QED) is 0.775. The summed E-state index contributed by atoms with van der Waals surface area (Å²) in [6.45, 7) is 2.78. The van der Waals surface area contributed by atoms with E-state index in [1.165, 1.54) is 11.3 Å². The van der Waals surface area contributed by atoms with E-state index in [1.54, 1.807) is 0 Å². The monoisotopic (exact) mass is 345 g/mol. The van der Waals surface area contributed by atoms with Gasteiger partial charge < -0.3 is 5.32 Å². The predicted octanol–water partition coefficient (Wildman–Crippen LogP) is 4.05. The Morgan fingerprint density at radius 3 is 2.85 bits per heavy atom. The van der Waals surface area contributed by atoms with Gasteiger partial charge in [-0.25, -0.2) is 0 Å². The van der Waals surface area contributed by atoms with Gasteiger partial charge in [-0.3, -0.25) is 9.48 Å². The van der Waals surface area contributed by atoms with Gasteiger partial charge in [0.15, 0.2) is 0 Å². The van der Waals surface area contributed by atoms with Crippen LogP contribution in [0.15, 0.2) is 60.8 Å². The summed E-state index contributed by atoms with van der Waals surface area (Å²) in [6.07, 6.45) is 4.96. The Morgan fingerprint density at radius 1 is 1.19 bits per heavy atom. The summed E-state index contributed by atoms with van der Waals surface area (Å²) < 4.78 is 2.08. The van der Waals surface area contributed by atoms with E-state index >= 15 is 0 Å². The van der Waals surface area contributed by atoms with Gasteiger partial charge in [0.1, 0.15) is 0 Å². The van der Waals surface area contributed by atoms with E-state index < -0.39 is 0 Å². The number of nitrogens with one attached hydrogen (secondary N) is 1. The van der Waals surface area contributed by atoms with E-state index in [2.05, 4.69) is 39.4 Å². The van der Waals surface area contributed by atoms with Gasteiger partial charge in [0.05, 0.1) is 18.8 Å². The maximum absolute atomic E-state index is 12.6. The third-order valence-corrected chi connectivity index (χ3v) is 5.02. The molecule has 1 amide bonds. The maximum Gasteiger partial charge on any atom is 0.251 e. The molecule has 1 aromatic heterocycles. The summed E-state index contributed by atoms with van der Waals surface area (Å²) >= 11 is 0. The molecule has 0 fully saturated rings. The van der Waals surface area contributed by atoms with Gasteiger partial charge in [-0.1, -0.05) is 48.0 Å². The first-order valence-corrected chi connectivity index (χ1v) is 9.17. The number of nitrogens with zero attached hydrogens (tertiary/aromatic N) is 2. The molecule has 26 heavy (non-hydrogen) atoms. The van der Waals surface area contributed by atoms with Crippen LogP contribution < -0.4 is 5.32 Å². The molecular formula is C22H23N3O. The van der Waals surface area contributed by atoms with Gasteiger partial charge in [0, 0.05) is 16.8 Å². The molecule has 1 aliphatic rings. The number of aromatic nitrogens is 2. The fraction of sp³-hybridized carbons (Fsp3) is 0.273. The summed E-state index contributed by atoms with van der Waals surface area (Å²) in [5.41, 5.74) is 5.46. The number of rotatable bonds is 4. The molecule has 0 spiro atoms. The molecule has 0 bridgehead atoms. The Morgan fingerprint density at radius 2 is 2.04 bits per heavy atom. The van der Waals surface area contributed by atoms with E-state index in [-0.39, 0.29) is 11.9 Å². The minimum atomic E-state index is -0.0117. The Kier molecular flexibility index (Phi) is 4.57. The summed E-state index contributed by atoms with van der Waals surface area (Å²) in [5.74, 6) is -0.0117. The number of amides is 1. The zero-order valence-electron chi connectivity index (χ0n) is 15.0. The highest BCUT2D eigenvalue weighted by Crippen LogP contribution is 2.30. The lowest BCUT2D eigenvalue weighted by Crippen LogP contribution is -2.31. The van der Waals surface area contributed by atoms with Crippen LogP contribution in [0, 0.1) is 6.92 Å². The molecule has 0 unspecified atom stereocenters.